The standard InChI is InChI=1S/C23H26Cl2N4O4/c1-15(30)26-10-2-3-21(31)19-7-5-17(24)13-16(19)4-9-22(32)27-11-12-28-23(33)20-8-6-18(25)14-29-20/h5-8,13-14H,2-4,9-12H2,1H3,(H,26,30)(H,27,32)(H,28,33). The SMILES string of the molecule is CC(=O)NCCCC(=O)c1ccc(Cl)cc1CCC(=O)NCCNC(=O)c1ccc(Cl)cn1. The molecule has 1 aromatic carbocycles. The number of nitrogens with zero attached hydrogens (tertiary/aromatic N) is 1. The normalized spacial score (nSPS) is 10.4. The maximum absolute atomic E-state index is 12.6. The number of rotatable bonds is 12. The fraction of sp³-hybridized carbons (Fsp3) is 0.348. The van der Waals surface area contributed by atoms with Crippen molar-refractivity contribution in [1.82, 2.24) is 20.9 Å². The van der Waals surface area contributed by atoms with E-state index >= 15 is 0 Å². The van der Waals surface area contributed by atoms with E-state index in [1.807, 2.05) is 0 Å². The van der Waals surface area contributed by atoms with Gasteiger partial charge in [-0.15, -0.1) is 0 Å². The first-order valence-corrected chi connectivity index (χ1v) is 11.2. The molecule has 2 rings (SSSR count). The van der Waals surface area contributed by atoms with E-state index in [-0.39, 0.29) is 55.1 Å². The topological polar surface area (TPSA) is 117 Å². The number of Topliss-reactive ketones (excluding diaryl/α,β-unsaturated/α-hetero) is 1. The van der Waals surface area contributed by atoms with Gasteiger partial charge in [-0.25, -0.2) is 4.98 Å². The molecule has 33 heavy (non-hydrogen) atoms. The van der Waals surface area contributed by atoms with Gasteiger partial charge >= 0.3 is 0 Å². The molecule has 0 aliphatic rings. The van der Waals surface area contributed by atoms with Gasteiger partial charge < -0.3 is 16.0 Å². The van der Waals surface area contributed by atoms with Crippen LogP contribution in [-0.4, -0.2) is 48.1 Å². The number of aromatic nitrogens is 1. The lowest BCUT2D eigenvalue weighted by atomic mass is 9.97. The lowest BCUT2D eigenvalue weighted by molar-refractivity contribution is -0.121. The van der Waals surface area contributed by atoms with Crippen LogP contribution in [0.2, 0.25) is 10.0 Å². The summed E-state index contributed by atoms with van der Waals surface area (Å²) in [7, 11) is 0. The van der Waals surface area contributed by atoms with Crippen molar-refractivity contribution in [2.75, 3.05) is 19.6 Å². The van der Waals surface area contributed by atoms with E-state index in [1.54, 1.807) is 24.3 Å². The van der Waals surface area contributed by atoms with E-state index in [0.717, 1.165) is 0 Å². The zero-order chi connectivity index (χ0) is 24.2. The number of nitrogens with one attached hydrogen (secondary N) is 3. The number of halogens is 2. The zero-order valence-electron chi connectivity index (χ0n) is 18.2. The molecule has 0 atom stereocenters. The van der Waals surface area contributed by atoms with Crippen LogP contribution in [-0.2, 0) is 16.0 Å². The van der Waals surface area contributed by atoms with Crippen molar-refractivity contribution in [2.45, 2.75) is 32.6 Å². The van der Waals surface area contributed by atoms with Crippen LogP contribution in [0, 0.1) is 0 Å². The quantitative estimate of drug-likeness (QED) is 0.311. The second-order valence-electron chi connectivity index (χ2n) is 7.28. The molecule has 0 bridgehead atoms. The van der Waals surface area contributed by atoms with Crippen molar-refractivity contribution in [3.05, 3.63) is 63.4 Å². The van der Waals surface area contributed by atoms with Gasteiger partial charge in [0.15, 0.2) is 5.78 Å². The third kappa shape index (κ3) is 9.59. The third-order valence-corrected chi connectivity index (χ3v) is 5.10. The van der Waals surface area contributed by atoms with Gasteiger partial charge in [-0.2, -0.15) is 0 Å². The largest absolute Gasteiger partial charge is 0.356 e. The van der Waals surface area contributed by atoms with Crippen molar-refractivity contribution in [3.8, 4) is 0 Å². The van der Waals surface area contributed by atoms with Crippen molar-refractivity contribution < 1.29 is 19.2 Å². The molecule has 0 unspecified atom stereocenters. The van der Waals surface area contributed by atoms with Gasteiger partial charge in [0.2, 0.25) is 11.8 Å². The van der Waals surface area contributed by atoms with Crippen molar-refractivity contribution in [3.63, 3.8) is 0 Å². The predicted octanol–water partition coefficient (Wildman–Crippen LogP) is 2.97. The average Bonchev–Trinajstić information content (AvgIpc) is 2.78. The lowest BCUT2D eigenvalue weighted by Gasteiger charge is -2.11. The monoisotopic (exact) mass is 492 g/mol. The van der Waals surface area contributed by atoms with Crippen LogP contribution in [0.25, 0.3) is 0 Å². The average molecular weight is 493 g/mol. The minimum absolute atomic E-state index is 0.0639. The fourth-order valence-electron chi connectivity index (χ4n) is 3.00. The van der Waals surface area contributed by atoms with Crippen molar-refractivity contribution >= 4 is 46.7 Å². The number of hydrogen-bond acceptors (Lipinski definition) is 5. The Morgan fingerprint density at radius 3 is 2.30 bits per heavy atom. The van der Waals surface area contributed by atoms with Crippen LogP contribution in [0.3, 0.4) is 0 Å². The predicted molar refractivity (Wildman–Crippen MR) is 127 cm³/mol. The maximum Gasteiger partial charge on any atom is 0.269 e. The Kier molecular flexibility index (Phi) is 10.8. The smallest absolute Gasteiger partial charge is 0.269 e. The molecule has 1 aromatic heterocycles. The van der Waals surface area contributed by atoms with E-state index in [0.29, 0.717) is 40.6 Å². The lowest BCUT2D eigenvalue weighted by Crippen LogP contribution is -2.35. The van der Waals surface area contributed by atoms with Crippen LogP contribution < -0.4 is 16.0 Å². The summed E-state index contributed by atoms with van der Waals surface area (Å²) >= 11 is 11.8. The molecule has 3 N–H and O–H groups in total. The van der Waals surface area contributed by atoms with E-state index < -0.39 is 0 Å². The summed E-state index contributed by atoms with van der Waals surface area (Å²) in [5.74, 6) is -0.771. The summed E-state index contributed by atoms with van der Waals surface area (Å²) in [6.45, 7) is 2.35. The van der Waals surface area contributed by atoms with Gasteiger partial charge in [0.25, 0.3) is 5.91 Å². The highest BCUT2D eigenvalue weighted by molar-refractivity contribution is 6.31. The first-order chi connectivity index (χ1) is 15.8. The Balaban J connectivity index is 1.77. The van der Waals surface area contributed by atoms with Crippen LogP contribution in [0.15, 0.2) is 36.5 Å². The first-order valence-electron chi connectivity index (χ1n) is 10.5. The number of ketones is 1. The van der Waals surface area contributed by atoms with Gasteiger partial charge in [-0.3, -0.25) is 19.2 Å². The number of hydrogen-bond donors (Lipinski definition) is 3. The number of carbonyl (C=O) groups excluding carboxylic acids is 4. The second-order valence-corrected chi connectivity index (χ2v) is 8.15. The van der Waals surface area contributed by atoms with Gasteiger partial charge in [-0.05, 0) is 48.7 Å². The zero-order valence-corrected chi connectivity index (χ0v) is 19.8. The van der Waals surface area contributed by atoms with Crippen LogP contribution in [0.5, 0.6) is 0 Å². The minimum Gasteiger partial charge on any atom is -0.356 e. The number of amides is 3. The van der Waals surface area contributed by atoms with E-state index in [9.17, 15) is 19.2 Å². The minimum atomic E-state index is -0.360. The Morgan fingerprint density at radius 2 is 1.61 bits per heavy atom. The molecule has 176 valence electrons. The number of carbonyl (C=O) groups is 4. The molecule has 3 amide bonds. The fourth-order valence-corrected chi connectivity index (χ4v) is 3.31. The second kappa shape index (κ2) is 13.5. The number of aryl methyl sites for hydroxylation is 1. The summed E-state index contributed by atoms with van der Waals surface area (Å²) in [5.41, 5.74) is 1.46. The van der Waals surface area contributed by atoms with Crippen LogP contribution >= 0.6 is 23.2 Å². The Labute approximate surface area is 202 Å². The molecule has 0 radical (unpaired) electrons. The molecule has 2 aromatic rings. The molecule has 0 saturated heterocycles. The van der Waals surface area contributed by atoms with Gasteiger partial charge in [0.1, 0.15) is 5.69 Å². The highest BCUT2D eigenvalue weighted by Crippen LogP contribution is 2.20. The Morgan fingerprint density at radius 1 is 0.879 bits per heavy atom. The number of benzene rings is 1. The number of pyridine rings is 1. The summed E-state index contributed by atoms with van der Waals surface area (Å²) in [6, 6.07) is 8.08. The van der Waals surface area contributed by atoms with Crippen molar-refractivity contribution in [1.29, 1.82) is 0 Å². The summed E-state index contributed by atoms with van der Waals surface area (Å²) in [4.78, 5) is 51.6. The van der Waals surface area contributed by atoms with Crippen LogP contribution in [0.1, 0.15) is 52.6 Å². The molecule has 10 heteroatoms. The summed E-state index contributed by atoms with van der Waals surface area (Å²) in [5, 5.41) is 8.98. The highest BCUT2D eigenvalue weighted by atomic mass is 35.5. The Hall–Kier alpha value is -2.97. The first kappa shape index (κ1) is 26.3. The Bertz CT molecular complexity index is 996. The summed E-state index contributed by atoms with van der Waals surface area (Å²) in [6.07, 6.45) is 2.71. The molecule has 0 saturated carbocycles. The van der Waals surface area contributed by atoms with Gasteiger partial charge in [0.05, 0.1) is 5.02 Å². The molecule has 0 spiro atoms. The molecule has 8 nitrogen and oxygen atoms in total. The van der Waals surface area contributed by atoms with Crippen molar-refractivity contribution in [2.24, 2.45) is 0 Å². The highest BCUT2D eigenvalue weighted by Gasteiger charge is 2.13. The van der Waals surface area contributed by atoms with Gasteiger partial charge in [0, 0.05) is 56.2 Å². The van der Waals surface area contributed by atoms with Crippen LogP contribution in [0.4, 0.5) is 0 Å². The molecule has 0 aliphatic carbocycles. The van der Waals surface area contributed by atoms with E-state index in [1.165, 1.54) is 19.2 Å². The molecule has 0 aliphatic heterocycles. The summed E-state index contributed by atoms with van der Waals surface area (Å²) < 4.78 is 0. The molecular formula is C23H26Cl2N4O4. The molecule has 0 fully saturated rings. The van der Waals surface area contributed by atoms with E-state index in [4.69, 9.17) is 23.2 Å². The third-order valence-electron chi connectivity index (χ3n) is 4.64. The molecule has 1 heterocycles. The van der Waals surface area contributed by atoms with Gasteiger partial charge in [-0.1, -0.05) is 23.2 Å². The molecular weight excluding hydrogens is 467 g/mol. The maximum atomic E-state index is 12.6. The van der Waals surface area contributed by atoms with E-state index in [2.05, 4.69) is 20.9 Å².